The molecule has 1 fully saturated rings. The molecule has 152 valence electrons. The van der Waals surface area contributed by atoms with Gasteiger partial charge < -0.3 is 5.32 Å². The fourth-order valence-corrected chi connectivity index (χ4v) is 5.10. The summed E-state index contributed by atoms with van der Waals surface area (Å²) in [4.78, 5) is 12.7. The number of hydrogen-bond donors (Lipinski definition) is 1. The van der Waals surface area contributed by atoms with E-state index in [2.05, 4.69) is 15.6 Å². The molecule has 8 nitrogen and oxygen atoms in total. The third kappa shape index (κ3) is 4.30. The van der Waals surface area contributed by atoms with Gasteiger partial charge >= 0.3 is 0 Å². The lowest BCUT2D eigenvalue weighted by Crippen LogP contribution is -2.32. The maximum absolute atomic E-state index is 13.0. The molecule has 4 rings (SSSR count). The van der Waals surface area contributed by atoms with Crippen LogP contribution >= 0.6 is 0 Å². The summed E-state index contributed by atoms with van der Waals surface area (Å²) in [6.45, 7) is 1.07. The molecule has 1 saturated heterocycles. The van der Waals surface area contributed by atoms with E-state index < -0.39 is 10.0 Å². The molecule has 1 aliphatic rings. The molecule has 0 bridgehead atoms. The summed E-state index contributed by atoms with van der Waals surface area (Å²) in [5.41, 5.74) is 1.92. The summed E-state index contributed by atoms with van der Waals surface area (Å²) in [6, 6.07) is 13.8. The van der Waals surface area contributed by atoms with E-state index in [4.69, 9.17) is 0 Å². The number of carbonyl (C=O) groups excluding carboxylic acids is 1. The average Bonchev–Trinajstić information content (AvgIpc) is 2.92. The number of sulfonamides is 1. The molecule has 1 aromatic heterocycles. The summed E-state index contributed by atoms with van der Waals surface area (Å²) < 4.78 is 29.0. The van der Waals surface area contributed by atoms with Crippen LogP contribution in [-0.4, -0.2) is 46.7 Å². The van der Waals surface area contributed by atoms with Gasteiger partial charge in [0, 0.05) is 18.8 Å². The largest absolute Gasteiger partial charge is 0.324 e. The number of aromatic nitrogens is 3. The summed E-state index contributed by atoms with van der Waals surface area (Å²) in [7, 11) is -3.57. The fourth-order valence-electron chi connectivity index (χ4n) is 3.54. The number of carbonyl (C=O) groups is 1. The molecule has 1 aliphatic heterocycles. The van der Waals surface area contributed by atoms with E-state index in [1.54, 1.807) is 22.5 Å². The van der Waals surface area contributed by atoms with Crippen LogP contribution in [0.5, 0.6) is 0 Å². The number of amides is 1. The van der Waals surface area contributed by atoms with Crippen molar-refractivity contribution in [3.05, 3.63) is 48.5 Å². The molecule has 2 aromatic carbocycles. The Morgan fingerprint density at radius 1 is 1.00 bits per heavy atom. The number of nitrogens with one attached hydrogen (secondary N) is 1. The Morgan fingerprint density at radius 2 is 1.76 bits per heavy atom. The second kappa shape index (κ2) is 8.30. The third-order valence-corrected chi connectivity index (χ3v) is 6.93. The molecule has 2 heterocycles. The van der Waals surface area contributed by atoms with E-state index in [0.717, 1.165) is 31.2 Å². The Hall–Kier alpha value is -2.78. The van der Waals surface area contributed by atoms with Crippen molar-refractivity contribution >= 4 is 32.7 Å². The first-order valence-electron chi connectivity index (χ1n) is 9.72. The molecule has 29 heavy (non-hydrogen) atoms. The van der Waals surface area contributed by atoms with Gasteiger partial charge in [0.15, 0.2) is 0 Å². The van der Waals surface area contributed by atoms with E-state index in [1.807, 2.05) is 24.3 Å². The highest BCUT2D eigenvalue weighted by atomic mass is 32.2. The van der Waals surface area contributed by atoms with Gasteiger partial charge in [-0.05, 0) is 43.2 Å². The minimum Gasteiger partial charge on any atom is -0.324 e. The highest BCUT2D eigenvalue weighted by molar-refractivity contribution is 7.89. The van der Waals surface area contributed by atoms with Gasteiger partial charge in [-0.2, -0.15) is 4.31 Å². The van der Waals surface area contributed by atoms with Crippen LogP contribution in [0, 0.1) is 0 Å². The molecule has 0 radical (unpaired) electrons. The molecule has 0 aliphatic carbocycles. The van der Waals surface area contributed by atoms with Crippen LogP contribution in [0.15, 0.2) is 53.4 Å². The van der Waals surface area contributed by atoms with Crippen LogP contribution in [0.3, 0.4) is 0 Å². The smallest absolute Gasteiger partial charge is 0.246 e. The lowest BCUT2D eigenvalue weighted by molar-refractivity contribution is -0.116. The first kappa shape index (κ1) is 19.5. The number of para-hydroxylation sites is 1. The zero-order chi connectivity index (χ0) is 20.3. The Bertz CT molecular complexity index is 1120. The van der Waals surface area contributed by atoms with E-state index in [9.17, 15) is 13.2 Å². The van der Waals surface area contributed by atoms with Crippen molar-refractivity contribution in [3.8, 4) is 0 Å². The molecule has 0 unspecified atom stereocenters. The Balaban J connectivity index is 1.49. The second-order valence-electron chi connectivity index (χ2n) is 7.13. The molecule has 0 spiro atoms. The predicted molar refractivity (Wildman–Crippen MR) is 110 cm³/mol. The van der Waals surface area contributed by atoms with Crippen molar-refractivity contribution in [1.29, 1.82) is 0 Å². The van der Waals surface area contributed by atoms with Crippen LogP contribution in [0.2, 0.25) is 0 Å². The summed E-state index contributed by atoms with van der Waals surface area (Å²) >= 11 is 0. The van der Waals surface area contributed by atoms with Gasteiger partial charge in [0.2, 0.25) is 15.9 Å². The molecule has 0 atom stereocenters. The highest BCUT2D eigenvalue weighted by Crippen LogP contribution is 2.22. The first-order valence-corrected chi connectivity index (χ1v) is 11.2. The maximum Gasteiger partial charge on any atom is 0.246 e. The third-order valence-electron chi connectivity index (χ3n) is 5.03. The molecule has 1 N–H and O–H groups in total. The zero-order valence-electron chi connectivity index (χ0n) is 16.0. The molecule has 1 amide bonds. The van der Waals surface area contributed by atoms with Crippen LogP contribution < -0.4 is 5.32 Å². The second-order valence-corrected chi connectivity index (χ2v) is 9.07. The van der Waals surface area contributed by atoms with Crippen molar-refractivity contribution in [2.45, 2.75) is 37.1 Å². The quantitative estimate of drug-likeness (QED) is 0.693. The Labute approximate surface area is 169 Å². The number of fused-ring (bicyclic) bond motifs is 1. The van der Waals surface area contributed by atoms with E-state index in [1.165, 1.54) is 10.7 Å². The number of nitrogens with zero attached hydrogens (tertiary/aromatic N) is 4. The van der Waals surface area contributed by atoms with Crippen LogP contribution in [0.25, 0.3) is 11.0 Å². The summed E-state index contributed by atoms with van der Waals surface area (Å²) in [5, 5.41) is 10.8. The number of anilines is 1. The van der Waals surface area contributed by atoms with Gasteiger partial charge in [-0.3, -0.25) is 4.79 Å². The normalized spacial score (nSPS) is 15.9. The van der Waals surface area contributed by atoms with Gasteiger partial charge in [-0.1, -0.05) is 36.3 Å². The molecule has 3 aromatic rings. The van der Waals surface area contributed by atoms with Crippen LogP contribution in [-0.2, 0) is 21.4 Å². The van der Waals surface area contributed by atoms with Crippen molar-refractivity contribution in [2.24, 2.45) is 0 Å². The summed E-state index contributed by atoms with van der Waals surface area (Å²) in [6.07, 6.45) is 3.86. The lowest BCUT2D eigenvalue weighted by atomic mass is 10.2. The Morgan fingerprint density at radius 3 is 2.55 bits per heavy atom. The van der Waals surface area contributed by atoms with Crippen molar-refractivity contribution in [3.63, 3.8) is 0 Å². The molecule has 0 saturated carbocycles. The topological polar surface area (TPSA) is 97.2 Å². The SMILES string of the molecule is O=C(Cn1nnc2ccccc21)Nc1cccc(S(=O)(=O)N2CCCCCC2)c1. The average molecular weight is 414 g/mol. The van der Waals surface area contributed by atoms with Crippen LogP contribution in [0.1, 0.15) is 25.7 Å². The maximum atomic E-state index is 13.0. The number of rotatable bonds is 5. The number of hydrogen-bond acceptors (Lipinski definition) is 5. The first-order chi connectivity index (χ1) is 14.0. The van der Waals surface area contributed by atoms with Gasteiger partial charge in [0.1, 0.15) is 12.1 Å². The fraction of sp³-hybridized carbons (Fsp3) is 0.350. The monoisotopic (exact) mass is 413 g/mol. The van der Waals surface area contributed by atoms with Crippen LogP contribution in [0.4, 0.5) is 5.69 Å². The summed E-state index contributed by atoms with van der Waals surface area (Å²) in [5.74, 6) is -0.301. The predicted octanol–water partition coefficient (Wildman–Crippen LogP) is 2.63. The van der Waals surface area contributed by atoms with Crippen molar-refractivity contribution < 1.29 is 13.2 Å². The molecular formula is C20H23N5O3S. The van der Waals surface area contributed by atoms with Gasteiger partial charge in [0.25, 0.3) is 0 Å². The number of benzene rings is 2. The van der Waals surface area contributed by atoms with E-state index >= 15 is 0 Å². The van der Waals surface area contributed by atoms with Crippen molar-refractivity contribution in [1.82, 2.24) is 19.3 Å². The molecular weight excluding hydrogens is 390 g/mol. The van der Waals surface area contributed by atoms with Gasteiger partial charge in [0.05, 0.1) is 10.4 Å². The molecule has 9 heteroatoms. The van der Waals surface area contributed by atoms with Crippen molar-refractivity contribution in [2.75, 3.05) is 18.4 Å². The zero-order valence-corrected chi connectivity index (χ0v) is 16.8. The lowest BCUT2D eigenvalue weighted by Gasteiger charge is -2.20. The van der Waals surface area contributed by atoms with E-state index in [-0.39, 0.29) is 17.3 Å². The van der Waals surface area contributed by atoms with Gasteiger partial charge in [-0.25, -0.2) is 13.1 Å². The minimum absolute atomic E-state index is 0.0103. The van der Waals surface area contributed by atoms with Gasteiger partial charge in [-0.15, -0.1) is 5.10 Å². The van der Waals surface area contributed by atoms with E-state index in [0.29, 0.717) is 24.3 Å². The Kier molecular flexibility index (Phi) is 5.59. The standard InChI is InChI=1S/C20H23N5O3S/c26-20(15-25-19-11-4-3-10-18(19)22-23-25)21-16-8-7-9-17(14-16)29(27,28)24-12-5-1-2-6-13-24/h3-4,7-11,14H,1-2,5-6,12-13,15H2,(H,21,26). The minimum atomic E-state index is -3.57. The highest BCUT2D eigenvalue weighted by Gasteiger charge is 2.25.